The summed E-state index contributed by atoms with van der Waals surface area (Å²) in [6, 6.07) is 7.03. The van der Waals surface area contributed by atoms with Crippen LogP contribution in [0.5, 0.6) is 5.75 Å². The van der Waals surface area contributed by atoms with Crippen LogP contribution >= 0.6 is 11.3 Å². The molecule has 3 aromatic rings. The van der Waals surface area contributed by atoms with Crippen LogP contribution in [-0.4, -0.2) is 24.7 Å². The number of nitrogens with zero attached hydrogens (tertiary/aromatic N) is 1. The summed E-state index contributed by atoms with van der Waals surface area (Å²) in [5.74, 6) is -0.544. The van der Waals surface area contributed by atoms with E-state index < -0.39 is 0 Å². The fourth-order valence-electron chi connectivity index (χ4n) is 2.74. The molecule has 0 bridgehead atoms. The molecule has 0 saturated heterocycles. The van der Waals surface area contributed by atoms with Gasteiger partial charge in [-0.1, -0.05) is 0 Å². The highest BCUT2D eigenvalue weighted by atomic mass is 32.1. The number of aromatic nitrogens is 1. The topological polar surface area (TPSA) is 48.4 Å². The Morgan fingerprint density at radius 2 is 2.00 bits per heavy atom. The van der Waals surface area contributed by atoms with Crippen molar-refractivity contribution in [2.45, 2.75) is 20.8 Å². The normalized spacial score (nSPS) is 10.9. The number of hydrogen-bond donors (Lipinski definition) is 0. The largest absolute Gasteiger partial charge is 0.494 e. The Morgan fingerprint density at radius 3 is 2.68 bits per heavy atom. The number of fused-ring (bicyclic) bond motifs is 1. The van der Waals surface area contributed by atoms with Gasteiger partial charge in [-0.25, -0.2) is 14.2 Å². The lowest BCUT2D eigenvalue weighted by molar-refractivity contribution is 0.0531. The van der Waals surface area contributed by atoms with Gasteiger partial charge in [0.25, 0.3) is 0 Å². The molecule has 0 aliphatic heterocycles. The average molecular weight is 359 g/mol. The van der Waals surface area contributed by atoms with Crippen LogP contribution < -0.4 is 4.74 Å². The average Bonchev–Trinajstić information content (AvgIpc) is 2.97. The lowest BCUT2D eigenvalue weighted by atomic mass is 10.0. The molecule has 3 rings (SSSR count). The first-order valence-electron chi connectivity index (χ1n) is 7.87. The molecule has 0 spiro atoms. The van der Waals surface area contributed by atoms with Gasteiger partial charge in [0.2, 0.25) is 0 Å². The number of aryl methyl sites for hydroxylation is 2. The molecule has 25 heavy (non-hydrogen) atoms. The molecular formula is C19H18FNO3S. The van der Waals surface area contributed by atoms with Crippen LogP contribution in [0.25, 0.3) is 21.3 Å². The van der Waals surface area contributed by atoms with E-state index in [9.17, 15) is 9.18 Å². The lowest BCUT2D eigenvalue weighted by Gasteiger charge is -2.08. The van der Waals surface area contributed by atoms with E-state index in [-0.39, 0.29) is 17.5 Å². The molecule has 130 valence electrons. The van der Waals surface area contributed by atoms with Crippen molar-refractivity contribution in [1.29, 1.82) is 0 Å². The third-order valence-electron chi connectivity index (χ3n) is 3.94. The first-order valence-corrected chi connectivity index (χ1v) is 8.69. The van der Waals surface area contributed by atoms with Crippen molar-refractivity contribution in [3.8, 4) is 16.3 Å². The maximum absolute atomic E-state index is 14.0. The highest BCUT2D eigenvalue weighted by Gasteiger charge is 2.18. The summed E-state index contributed by atoms with van der Waals surface area (Å²) < 4.78 is 24.1. The standard InChI is InChI=1S/C19H18FNO3S/c1-5-24-19(22)17-11(3)21-18(25-17)13-6-10(2)14-9-15(20)16(23-4)8-12(14)7-13/h6-9H,5H2,1-4H3. The molecule has 0 N–H and O–H groups in total. The molecule has 0 unspecified atom stereocenters. The van der Waals surface area contributed by atoms with Crippen LogP contribution in [0, 0.1) is 19.7 Å². The van der Waals surface area contributed by atoms with Crippen LogP contribution in [0.1, 0.15) is 27.9 Å². The van der Waals surface area contributed by atoms with Crippen LogP contribution in [0.4, 0.5) is 4.39 Å². The molecule has 1 heterocycles. The number of carbonyl (C=O) groups excluding carboxylic acids is 1. The highest BCUT2D eigenvalue weighted by molar-refractivity contribution is 7.17. The summed E-state index contributed by atoms with van der Waals surface area (Å²) in [5, 5.41) is 2.41. The summed E-state index contributed by atoms with van der Waals surface area (Å²) in [7, 11) is 1.44. The van der Waals surface area contributed by atoms with Gasteiger partial charge >= 0.3 is 5.97 Å². The Kier molecular flexibility index (Phi) is 4.72. The predicted octanol–water partition coefficient (Wildman–Crippen LogP) is 4.90. The van der Waals surface area contributed by atoms with E-state index >= 15 is 0 Å². The number of ether oxygens (including phenoxy) is 2. The quantitative estimate of drug-likeness (QED) is 0.621. The third-order valence-corrected chi connectivity index (χ3v) is 5.12. The molecule has 2 aromatic carbocycles. The molecule has 6 heteroatoms. The Morgan fingerprint density at radius 1 is 1.24 bits per heavy atom. The van der Waals surface area contributed by atoms with Gasteiger partial charge in [0.05, 0.1) is 19.4 Å². The van der Waals surface area contributed by atoms with Crippen molar-refractivity contribution in [3.05, 3.63) is 46.2 Å². The molecule has 0 amide bonds. The molecule has 0 aliphatic rings. The minimum atomic E-state index is -0.388. The lowest BCUT2D eigenvalue weighted by Crippen LogP contribution is -2.03. The maximum Gasteiger partial charge on any atom is 0.350 e. The molecular weight excluding hydrogens is 341 g/mol. The molecule has 0 saturated carbocycles. The van der Waals surface area contributed by atoms with Crippen molar-refractivity contribution < 1.29 is 18.7 Å². The number of methoxy groups -OCH3 is 1. The zero-order valence-corrected chi connectivity index (χ0v) is 15.3. The van der Waals surface area contributed by atoms with E-state index in [0.717, 1.165) is 26.9 Å². The Bertz CT molecular complexity index is 965. The highest BCUT2D eigenvalue weighted by Crippen LogP contribution is 2.34. The van der Waals surface area contributed by atoms with Crippen LogP contribution in [-0.2, 0) is 4.74 Å². The van der Waals surface area contributed by atoms with Gasteiger partial charge in [-0.05, 0) is 61.4 Å². The Hall–Kier alpha value is -2.47. The van der Waals surface area contributed by atoms with E-state index in [1.165, 1.54) is 24.5 Å². The fourth-order valence-corrected chi connectivity index (χ4v) is 3.68. The van der Waals surface area contributed by atoms with Crippen LogP contribution in [0.3, 0.4) is 0 Å². The first-order chi connectivity index (χ1) is 11.9. The second kappa shape index (κ2) is 6.80. The van der Waals surface area contributed by atoms with Gasteiger partial charge in [0.1, 0.15) is 9.88 Å². The monoisotopic (exact) mass is 359 g/mol. The molecule has 4 nitrogen and oxygen atoms in total. The first kappa shape index (κ1) is 17.4. The second-order valence-electron chi connectivity index (χ2n) is 5.66. The zero-order valence-electron chi connectivity index (χ0n) is 14.5. The van der Waals surface area contributed by atoms with Gasteiger partial charge in [0.15, 0.2) is 11.6 Å². The van der Waals surface area contributed by atoms with Crippen molar-refractivity contribution in [3.63, 3.8) is 0 Å². The molecule has 0 aliphatic carbocycles. The van der Waals surface area contributed by atoms with Crippen molar-refractivity contribution in [2.24, 2.45) is 0 Å². The van der Waals surface area contributed by atoms with Gasteiger partial charge < -0.3 is 9.47 Å². The van der Waals surface area contributed by atoms with Gasteiger partial charge in [-0.15, -0.1) is 11.3 Å². The Labute approximate surface area is 149 Å². The number of esters is 1. The maximum atomic E-state index is 14.0. The smallest absolute Gasteiger partial charge is 0.350 e. The molecule has 1 aromatic heterocycles. The number of rotatable bonds is 4. The van der Waals surface area contributed by atoms with E-state index in [1.54, 1.807) is 19.9 Å². The third kappa shape index (κ3) is 3.22. The SMILES string of the molecule is CCOC(=O)c1sc(-c2cc(C)c3cc(F)c(OC)cc3c2)nc1C. The summed E-state index contributed by atoms with van der Waals surface area (Å²) in [6.07, 6.45) is 0. The predicted molar refractivity (Wildman–Crippen MR) is 97.0 cm³/mol. The Balaban J connectivity index is 2.12. The molecule has 0 fully saturated rings. The number of hydrogen-bond acceptors (Lipinski definition) is 5. The van der Waals surface area contributed by atoms with Crippen LogP contribution in [0.15, 0.2) is 24.3 Å². The van der Waals surface area contributed by atoms with E-state index in [2.05, 4.69) is 4.98 Å². The van der Waals surface area contributed by atoms with Gasteiger partial charge in [0, 0.05) is 5.56 Å². The minimum absolute atomic E-state index is 0.201. The second-order valence-corrected chi connectivity index (χ2v) is 6.65. The van der Waals surface area contributed by atoms with E-state index in [4.69, 9.17) is 9.47 Å². The number of halogens is 1. The summed E-state index contributed by atoms with van der Waals surface area (Å²) in [6.45, 7) is 5.81. The van der Waals surface area contributed by atoms with Gasteiger partial charge in [-0.3, -0.25) is 0 Å². The van der Waals surface area contributed by atoms with Crippen molar-refractivity contribution >= 4 is 28.1 Å². The summed E-state index contributed by atoms with van der Waals surface area (Å²) in [4.78, 5) is 17.0. The number of benzene rings is 2. The minimum Gasteiger partial charge on any atom is -0.494 e. The molecule has 0 atom stereocenters. The van der Waals surface area contributed by atoms with Gasteiger partial charge in [-0.2, -0.15) is 0 Å². The number of thiazole rings is 1. The summed E-state index contributed by atoms with van der Waals surface area (Å²) >= 11 is 1.30. The zero-order chi connectivity index (χ0) is 18.1. The van der Waals surface area contributed by atoms with Crippen molar-refractivity contribution in [2.75, 3.05) is 13.7 Å². The van der Waals surface area contributed by atoms with E-state index in [1.807, 2.05) is 19.1 Å². The fraction of sp³-hybridized carbons (Fsp3) is 0.263. The van der Waals surface area contributed by atoms with Crippen LogP contribution in [0.2, 0.25) is 0 Å². The van der Waals surface area contributed by atoms with Crippen molar-refractivity contribution in [1.82, 2.24) is 4.98 Å². The summed E-state index contributed by atoms with van der Waals surface area (Å²) in [5.41, 5.74) is 2.45. The number of carbonyl (C=O) groups is 1. The molecule has 0 radical (unpaired) electrons. The van der Waals surface area contributed by atoms with E-state index in [0.29, 0.717) is 17.2 Å².